The van der Waals surface area contributed by atoms with Crippen molar-refractivity contribution in [1.29, 1.82) is 0 Å². The molecule has 1 heterocycles. The maximum atomic E-state index is 12.1. The minimum absolute atomic E-state index is 0.0830. The lowest BCUT2D eigenvalue weighted by molar-refractivity contribution is -0.121. The fourth-order valence-electron chi connectivity index (χ4n) is 2.40. The van der Waals surface area contributed by atoms with Gasteiger partial charge in [0.15, 0.2) is 0 Å². The summed E-state index contributed by atoms with van der Waals surface area (Å²) in [5.41, 5.74) is 7.95. The van der Waals surface area contributed by atoms with Crippen LogP contribution in [0.15, 0.2) is 59.6 Å². The summed E-state index contributed by atoms with van der Waals surface area (Å²) in [5.74, 6) is -0.489. The largest absolute Gasteiger partial charge is 0.397 e. The van der Waals surface area contributed by atoms with Gasteiger partial charge in [-0.15, -0.1) is 0 Å². The van der Waals surface area contributed by atoms with Crippen molar-refractivity contribution in [1.82, 2.24) is 0 Å². The standard InChI is InChI=1S/C18H17N3O2S/c19-13-8-4-5-9-14(13)20-16(22)11-15-18(23)21-17(24-15)10-12-6-2-1-3-7-12/h1-9,15H,10-11,19H2,(H,20,22). The highest BCUT2D eigenvalue weighted by Gasteiger charge is 2.30. The Morgan fingerprint density at radius 1 is 1.12 bits per heavy atom. The van der Waals surface area contributed by atoms with Gasteiger partial charge in [-0.25, -0.2) is 4.99 Å². The van der Waals surface area contributed by atoms with Crippen LogP contribution < -0.4 is 11.1 Å². The molecule has 6 heteroatoms. The van der Waals surface area contributed by atoms with Gasteiger partial charge < -0.3 is 11.1 Å². The first-order valence-corrected chi connectivity index (χ1v) is 8.46. The summed E-state index contributed by atoms with van der Waals surface area (Å²) in [6.07, 6.45) is 0.695. The number of anilines is 2. The number of nitrogens with zero attached hydrogens (tertiary/aromatic N) is 1. The maximum Gasteiger partial charge on any atom is 0.260 e. The molecule has 0 bridgehead atoms. The van der Waals surface area contributed by atoms with Crippen molar-refractivity contribution in [2.24, 2.45) is 4.99 Å². The van der Waals surface area contributed by atoms with Crippen molar-refractivity contribution < 1.29 is 9.59 Å². The maximum absolute atomic E-state index is 12.1. The summed E-state index contributed by atoms with van der Waals surface area (Å²) in [7, 11) is 0. The van der Waals surface area contributed by atoms with Gasteiger partial charge in [0.2, 0.25) is 5.91 Å². The van der Waals surface area contributed by atoms with E-state index in [4.69, 9.17) is 5.73 Å². The molecule has 0 fully saturated rings. The van der Waals surface area contributed by atoms with Crippen LogP contribution in [0.1, 0.15) is 12.0 Å². The number of hydrogen-bond acceptors (Lipinski definition) is 4. The normalized spacial score (nSPS) is 16.8. The summed E-state index contributed by atoms with van der Waals surface area (Å²) in [6, 6.07) is 16.9. The molecular weight excluding hydrogens is 322 g/mol. The van der Waals surface area contributed by atoms with E-state index in [1.54, 1.807) is 24.3 Å². The summed E-state index contributed by atoms with van der Waals surface area (Å²) in [5, 5.41) is 3.03. The molecule has 122 valence electrons. The smallest absolute Gasteiger partial charge is 0.260 e. The van der Waals surface area contributed by atoms with Crippen molar-refractivity contribution in [2.45, 2.75) is 18.1 Å². The molecule has 5 nitrogen and oxygen atoms in total. The summed E-state index contributed by atoms with van der Waals surface area (Å²) >= 11 is 1.37. The van der Waals surface area contributed by atoms with Gasteiger partial charge in [-0.05, 0) is 17.7 Å². The molecule has 0 saturated heterocycles. The Labute approximate surface area is 144 Å². The number of benzene rings is 2. The highest BCUT2D eigenvalue weighted by atomic mass is 32.2. The second-order valence-electron chi connectivity index (χ2n) is 5.45. The minimum Gasteiger partial charge on any atom is -0.397 e. The molecule has 2 aromatic rings. The molecule has 1 aliphatic heterocycles. The number of para-hydroxylation sites is 2. The van der Waals surface area contributed by atoms with E-state index in [-0.39, 0.29) is 18.2 Å². The zero-order valence-corrected chi connectivity index (χ0v) is 13.8. The van der Waals surface area contributed by atoms with Gasteiger partial charge in [0.05, 0.1) is 16.4 Å². The number of aliphatic imine (C=N–C) groups is 1. The van der Waals surface area contributed by atoms with Gasteiger partial charge in [0.25, 0.3) is 5.91 Å². The van der Waals surface area contributed by atoms with E-state index >= 15 is 0 Å². The molecule has 0 saturated carbocycles. The third-order valence-corrected chi connectivity index (χ3v) is 4.75. The third kappa shape index (κ3) is 4.02. The van der Waals surface area contributed by atoms with Crippen LogP contribution in [0.25, 0.3) is 0 Å². The Balaban J connectivity index is 1.56. The number of thioether (sulfide) groups is 1. The SMILES string of the molecule is Nc1ccccc1NC(=O)CC1SC(Cc2ccccc2)=NC1=O. The zero-order chi connectivity index (χ0) is 16.9. The zero-order valence-electron chi connectivity index (χ0n) is 12.9. The number of nitrogen functional groups attached to an aromatic ring is 1. The van der Waals surface area contributed by atoms with Gasteiger partial charge in [0.1, 0.15) is 5.25 Å². The van der Waals surface area contributed by atoms with Crippen molar-refractivity contribution in [3.8, 4) is 0 Å². The number of hydrogen-bond donors (Lipinski definition) is 2. The molecular formula is C18H17N3O2S. The molecule has 1 atom stereocenters. The Morgan fingerprint density at radius 2 is 1.83 bits per heavy atom. The number of nitrogens with two attached hydrogens (primary N) is 1. The van der Waals surface area contributed by atoms with E-state index in [0.717, 1.165) is 10.6 Å². The van der Waals surface area contributed by atoms with E-state index in [1.807, 2.05) is 30.3 Å². The van der Waals surface area contributed by atoms with Gasteiger partial charge in [-0.1, -0.05) is 54.2 Å². The van der Waals surface area contributed by atoms with Gasteiger partial charge >= 0.3 is 0 Å². The predicted molar refractivity (Wildman–Crippen MR) is 98.1 cm³/mol. The first kappa shape index (κ1) is 16.3. The van der Waals surface area contributed by atoms with E-state index in [0.29, 0.717) is 17.8 Å². The van der Waals surface area contributed by atoms with Gasteiger partial charge in [-0.2, -0.15) is 0 Å². The van der Waals surface area contributed by atoms with E-state index in [9.17, 15) is 9.59 Å². The molecule has 2 aromatic carbocycles. The van der Waals surface area contributed by atoms with Crippen LogP contribution in [0.5, 0.6) is 0 Å². The van der Waals surface area contributed by atoms with Crippen molar-refractivity contribution in [2.75, 3.05) is 11.1 Å². The van der Waals surface area contributed by atoms with Crippen LogP contribution in [0.4, 0.5) is 11.4 Å². The molecule has 0 aromatic heterocycles. The van der Waals surface area contributed by atoms with E-state index in [2.05, 4.69) is 10.3 Å². The number of nitrogens with one attached hydrogen (secondary N) is 1. The highest BCUT2D eigenvalue weighted by molar-refractivity contribution is 8.15. The van der Waals surface area contributed by atoms with Crippen LogP contribution >= 0.6 is 11.8 Å². The van der Waals surface area contributed by atoms with Crippen LogP contribution in [0.2, 0.25) is 0 Å². The fraction of sp³-hybridized carbons (Fsp3) is 0.167. The van der Waals surface area contributed by atoms with Crippen molar-refractivity contribution in [3.05, 3.63) is 60.2 Å². The Bertz CT molecular complexity index is 790. The average molecular weight is 339 g/mol. The Kier molecular flexibility index (Phi) is 4.96. The number of carbonyl (C=O) groups is 2. The first-order valence-electron chi connectivity index (χ1n) is 7.58. The van der Waals surface area contributed by atoms with Crippen molar-refractivity contribution in [3.63, 3.8) is 0 Å². The molecule has 3 rings (SSSR count). The lowest BCUT2D eigenvalue weighted by Gasteiger charge is -2.10. The van der Waals surface area contributed by atoms with Gasteiger partial charge in [-0.3, -0.25) is 9.59 Å². The number of amides is 2. The molecule has 1 aliphatic rings. The van der Waals surface area contributed by atoms with Crippen molar-refractivity contribution >= 4 is 40.0 Å². The van der Waals surface area contributed by atoms with Crippen LogP contribution in [-0.2, 0) is 16.0 Å². The average Bonchev–Trinajstić information content (AvgIpc) is 2.90. The lowest BCUT2D eigenvalue weighted by Crippen LogP contribution is -2.21. The number of rotatable bonds is 5. The Hall–Kier alpha value is -2.60. The quantitative estimate of drug-likeness (QED) is 0.820. The first-order chi connectivity index (χ1) is 11.6. The molecule has 0 radical (unpaired) electrons. The van der Waals surface area contributed by atoms with E-state index in [1.165, 1.54) is 11.8 Å². The lowest BCUT2D eigenvalue weighted by atomic mass is 10.2. The van der Waals surface area contributed by atoms with E-state index < -0.39 is 5.25 Å². The molecule has 2 amide bonds. The topological polar surface area (TPSA) is 84.5 Å². The minimum atomic E-state index is -0.464. The second-order valence-corrected chi connectivity index (χ2v) is 6.73. The molecule has 0 aliphatic carbocycles. The summed E-state index contributed by atoms with van der Waals surface area (Å²) in [6.45, 7) is 0. The van der Waals surface area contributed by atoms with Gasteiger partial charge in [0, 0.05) is 12.8 Å². The highest BCUT2D eigenvalue weighted by Crippen LogP contribution is 2.28. The fourth-order valence-corrected chi connectivity index (χ4v) is 3.51. The monoisotopic (exact) mass is 339 g/mol. The molecule has 1 unspecified atom stereocenters. The van der Waals surface area contributed by atoms with Crippen LogP contribution in [-0.4, -0.2) is 22.1 Å². The van der Waals surface area contributed by atoms with Crippen LogP contribution in [0.3, 0.4) is 0 Å². The second kappa shape index (κ2) is 7.31. The predicted octanol–water partition coefficient (Wildman–Crippen LogP) is 2.88. The Morgan fingerprint density at radius 3 is 2.58 bits per heavy atom. The molecule has 24 heavy (non-hydrogen) atoms. The summed E-state index contributed by atoms with van der Waals surface area (Å²) < 4.78 is 0. The molecule has 0 spiro atoms. The third-order valence-electron chi connectivity index (χ3n) is 3.59. The number of carbonyl (C=O) groups excluding carboxylic acids is 2. The van der Waals surface area contributed by atoms with Crippen LogP contribution in [0, 0.1) is 0 Å². The summed E-state index contributed by atoms with van der Waals surface area (Å²) in [4.78, 5) is 28.2. The molecule has 3 N–H and O–H groups in total.